The Morgan fingerprint density at radius 3 is 0.727 bits per heavy atom. The van der Waals surface area contributed by atoms with Gasteiger partial charge in [-0.25, -0.2) is 0 Å². The molecule has 3 atom stereocenters. The first-order chi connectivity index (χ1) is 32.6. The predicted octanol–water partition coefficient (Wildman–Crippen LogP) is 19.3. The molecule has 0 radical (unpaired) electrons. The SMILES string of the molecule is CCCCCCCCCCCCCCCCCCCCCCCCCCCCCCCCCCCC(=O)NC(CO)C(O)C(O)CCCCCCCCCCCCCCCCCCCCC. The summed E-state index contributed by atoms with van der Waals surface area (Å²) in [7, 11) is 0. The van der Waals surface area contributed by atoms with Crippen molar-refractivity contribution in [1.82, 2.24) is 5.32 Å². The van der Waals surface area contributed by atoms with Crippen LogP contribution in [-0.4, -0.2) is 46.1 Å². The second-order valence-corrected chi connectivity index (χ2v) is 21.6. The van der Waals surface area contributed by atoms with Crippen LogP contribution < -0.4 is 5.32 Å². The molecule has 0 aliphatic rings. The molecule has 4 N–H and O–H groups in total. The highest BCUT2D eigenvalue weighted by atomic mass is 16.3. The standard InChI is InChI=1S/C61H123NO4/c1-3-5-7-9-11-13-15-17-19-21-23-24-25-26-27-28-29-30-31-32-33-34-35-36-38-40-42-44-46-48-50-52-54-56-60(65)62-58(57-63)61(66)59(64)55-53-51-49-47-45-43-41-39-37-22-20-18-16-14-12-10-8-6-4-2/h58-59,61,63-64,66H,3-57H2,1-2H3,(H,62,65). The van der Waals surface area contributed by atoms with Crippen LogP contribution in [-0.2, 0) is 4.79 Å². The number of hydrogen-bond donors (Lipinski definition) is 4. The number of nitrogens with one attached hydrogen (secondary N) is 1. The first kappa shape index (κ1) is 65.3. The van der Waals surface area contributed by atoms with Crippen molar-refractivity contribution in [1.29, 1.82) is 0 Å². The maximum atomic E-state index is 12.5. The first-order valence-corrected chi connectivity index (χ1v) is 30.8. The van der Waals surface area contributed by atoms with E-state index >= 15 is 0 Å². The molecule has 396 valence electrons. The number of carbonyl (C=O) groups is 1. The molecule has 0 aliphatic carbocycles. The molecule has 0 aliphatic heterocycles. The Morgan fingerprint density at radius 1 is 0.318 bits per heavy atom. The Hall–Kier alpha value is -0.650. The van der Waals surface area contributed by atoms with Crippen molar-refractivity contribution in [3.05, 3.63) is 0 Å². The van der Waals surface area contributed by atoms with E-state index in [0.717, 1.165) is 32.1 Å². The highest BCUT2D eigenvalue weighted by Gasteiger charge is 2.26. The fraction of sp³-hybridized carbons (Fsp3) is 0.984. The Balaban J connectivity index is 3.43. The van der Waals surface area contributed by atoms with Crippen LogP contribution in [0.15, 0.2) is 0 Å². The van der Waals surface area contributed by atoms with Crippen LogP contribution in [0.2, 0.25) is 0 Å². The molecule has 0 heterocycles. The van der Waals surface area contributed by atoms with Gasteiger partial charge in [0.05, 0.1) is 18.8 Å². The number of aliphatic hydroxyl groups is 3. The molecule has 0 aromatic carbocycles. The Kier molecular flexibility index (Phi) is 56.4. The third kappa shape index (κ3) is 51.2. The molecule has 3 unspecified atom stereocenters. The minimum Gasteiger partial charge on any atom is -0.394 e. The average molecular weight is 935 g/mol. The molecule has 0 aromatic heterocycles. The monoisotopic (exact) mass is 934 g/mol. The van der Waals surface area contributed by atoms with Crippen LogP contribution in [0, 0.1) is 0 Å². The first-order valence-electron chi connectivity index (χ1n) is 30.8. The molecule has 5 nitrogen and oxygen atoms in total. The van der Waals surface area contributed by atoms with Gasteiger partial charge < -0.3 is 20.6 Å². The van der Waals surface area contributed by atoms with E-state index in [2.05, 4.69) is 19.2 Å². The maximum absolute atomic E-state index is 12.5. The van der Waals surface area contributed by atoms with Gasteiger partial charge in [-0.05, 0) is 12.8 Å². The van der Waals surface area contributed by atoms with Gasteiger partial charge in [0.1, 0.15) is 6.10 Å². The largest absolute Gasteiger partial charge is 0.394 e. The van der Waals surface area contributed by atoms with E-state index in [4.69, 9.17) is 0 Å². The van der Waals surface area contributed by atoms with Gasteiger partial charge in [0.25, 0.3) is 0 Å². The second kappa shape index (κ2) is 56.9. The molecule has 0 rings (SSSR count). The van der Waals surface area contributed by atoms with E-state index in [1.807, 2.05) is 0 Å². The highest BCUT2D eigenvalue weighted by Crippen LogP contribution is 2.19. The fourth-order valence-corrected chi connectivity index (χ4v) is 10.2. The summed E-state index contributed by atoms with van der Waals surface area (Å²) in [5.41, 5.74) is 0. The van der Waals surface area contributed by atoms with Gasteiger partial charge in [0.15, 0.2) is 0 Å². The lowest BCUT2D eigenvalue weighted by molar-refractivity contribution is -0.124. The van der Waals surface area contributed by atoms with E-state index in [9.17, 15) is 20.1 Å². The van der Waals surface area contributed by atoms with Gasteiger partial charge in [-0.15, -0.1) is 0 Å². The fourth-order valence-electron chi connectivity index (χ4n) is 10.2. The zero-order valence-electron chi connectivity index (χ0n) is 45.4. The van der Waals surface area contributed by atoms with Gasteiger partial charge in [-0.3, -0.25) is 4.79 Å². The average Bonchev–Trinajstić information content (AvgIpc) is 3.32. The molecule has 66 heavy (non-hydrogen) atoms. The summed E-state index contributed by atoms with van der Waals surface area (Å²) in [4.78, 5) is 12.5. The molecule has 0 spiro atoms. The van der Waals surface area contributed by atoms with Gasteiger partial charge in [-0.2, -0.15) is 0 Å². The van der Waals surface area contributed by atoms with Crippen molar-refractivity contribution in [2.45, 2.75) is 379 Å². The van der Waals surface area contributed by atoms with Crippen molar-refractivity contribution >= 4 is 5.91 Å². The number of amides is 1. The van der Waals surface area contributed by atoms with Crippen molar-refractivity contribution in [2.24, 2.45) is 0 Å². The lowest BCUT2D eigenvalue weighted by Crippen LogP contribution is -2.50. The number of hydrogen-bond acceptors (Lipinski definition) is 4. The van der Waals surface area contributed by atoms with Crippen LogP contribution in [0.25, 0.3) is 0 Å². The highest BCUT2D eigenvalue weighted by molar-refractivity contribution is 5.76. The summed E-state index contributed by atoms with van der Waals surface area (Å²) in [5, 5.41) is 33.8. The molecule has 5 heteroatoms. The maximum Gasteiger partial charge on any atom is 0.220 e. The number of rotatable bonds is 58. The Labute approximate surface area is 415 Å². The minimum absolute atomic E-state index is 0.135. The normalized spacial score (nSPS) is 13.1. The van der Waals surface area contributed by atoms with Gasteiger partial charge in [0, 0.05) is 6.42 Å². The summed E-state index contributed by atoms with van der Waals surface area (Å²) in [6.45, 7) is 4.23. The van der Waals surface area contributed by atoms with Gasteiger partial charge >= 0.3 is 0 Å². The third-order valence-corrected chi connectivity index (χ3v) is 15.0. The number of carbonyl (C=O) groups excluding carboxylic acids is 1. The Morgan fingerprint density at radius 2 is 0.515 bits per heavy atom. The zero-order chi connectivity index (χ0) is 47.9. The Bertz CT molecular complexity index is 898. The van der Waals surface area contributed by atoms with Crippen LogP contribution >= 0.6 is 0 Å². The zero-order valence-corrected chi connectivity index (χ0v) is 45.4. The van der Waals surface area contributed by atoms with E-state index in [0.29, 0.717) is 12.8 Å². The lowest BCUT2D eigenvalue weighted by Gasteiger charge is -2.26. The molecular formula is C61H123NO4. The van der Waals surface area contributed by atoms with E-state index in [-0.39, 0.29) is 12.5 Å². The summed E-state index contributed by atoms with van der Waals surface area (Å²) in [5.74, 6) is -0.135. The smallest absolute Gasteiger partial charge is 0.220 e. The molecule has 0 fully saturated rings. The van der Waals surface area contributed by atoms with Crippen LogP contribution in [0.4, 0.5) is 0 Å². The number of aliphatic hydroxyl groups excluding tert-OH is 3. The van der Waals surface area contributed by atoms with E-state index in [1.54, 1.807) is 0 Å². The van der Waals surface area contributed by atoms with Crippen molar-refractivity contribution in [3.8, 4) is 0 Å². The second-order valence-electron chi connectivity index (χ2n) is 21.6. The molecule has 0 bridgehead atoms. The van der Waals surface area contributed by atoms with Crippen LogP contribution in [0.3, 0.4) is 0 Å². The predicted molar refractivity (Wildman–Crippen MR) is 292 cm³/mol. The van der Waals surface area contributed by atoms with E-state index < -0.39 is 18.2 Å². The minimum atomic E-state index is -1.13. The molecular weight excluding hydrogens is 811 g/mol. The van der Waals surface area contributed by atoms with Crippen LogP contribution in [0.5, 0.6) is 0 Å². The van der Waals surface area contributed by atoms with Crippen molar-refractivity contribution in [2.75, 3.05) is 6.61 Å². The summed E-state index contributed by atoms with van der Waals surface area (Å²) in [6.07, 6.45) is 70.0. The van der Waals surface area contributed by atoms with Gasteiger partial charge in [0.2, 0.25) is 5.91 Å². The summed E-state index contributed by atoms with van der Waals surface area (Å²) >= 11 is 0. The molecule has 1 amide bonds. The van der Waals surface area contributed by atoms with Gasteiger partial charge in [-0.1, -0.05) is 341 Å². The summed E-state index contributed by atoms with van der Waals surface area (Å²) < 4.78 is 0. The third-order valence-electron chi connectivity index (χ3n) is 15.0. The van der Waals surface area contributed by atoms with E-state index in [1.165, 1.54) is 302 Å². The van der Waals surface area contributed by atoms with Crippen LogP contribution in [0.1, 0.15) is 361 Å². The summed E-state index contributed by atoms with van der Waals surface area (Å²) in [6, 6.07) is -0.805. The quantitative estimate of drug-likeness (QED) is 0.0458. The van der Waals surface area contributed by atoms with Crippen molar-refractivity contribution < 1.29 is 20.1 Å². The lowest BCUT2D eigenvalue weighted by atomic mass is 9.99. The molecule has 0 saturated heterocycles. The molecule has 0 saturated carbocycles. The molecule has 0 aromatic rings. The van der Waals surface area contributed by atoms with Crippen molar-refractivity contribution in [3.63, 3.8) is 0 Å². The topological polar surface area (TPSA) is 89.8 Å². The number of unbranched alkanes of at least 4 members (excludes halogenated alkanes) is 50.